The Morgan fingerprint density at radius 3 is 2.55 bits per heavy atom. The van der Waals surface area contributed by atoms with Crippen molar-refractivity contribution in [1.82, 2.24) is 0 Å². The fraction of sp³-hybridized carbons (Fsp3) is 0.0800. The molecule has 0 aliphatic heterocycles. The summed E-state index contributed by atoms with van der Waals surface area (Å²) in [5.41, 5.74) is 2.12. The first-order valence-corrected chi connectivity index (χ1v) is 10.4. The van der Waals surface area contributed by atoms with Gasteiger partial charge in [0.2, 0.25) is 0 Å². The molecule has 3 rings (SSSR count). The van der Waals surface area contributed by atoms with Crippen molar-refractivity contribution in [2.24, 2.45) is 0 Å². The largest absolute Gasteiger partial charge is 0.508 e. The van der Waals surface area contributed by atoms with E-state index in [1.807, 2.05) is 18.2 Å². The standard InChI is InChI=1S/C25H18BrN3O4/c1-32-23-12-16(10-19(14-28)25(31)29-20-6-8-21(30)9-7-20)11-22(26)24(23)33-15-18-5-3-2-4-17(18)13-27/h2-12,30H,15H2,1H3,(H,29,31)/b19-10+. The van der Waals surface area contributed by atoms with E-state index in [0.29, 0.717) is 32.8 Å². The summed E-state index contributed by atoms with van der Waals surface area (Å²) in [5, 5.41) is 30.7. The highest BCUT2D eigenvalue weighted by atomic mass is 79.9. The molecule has 0 unspecified atom stereocenters. The number of ether oxygens (including phenoxy) is 2. The fourth-order valence-electron chi connectivity index (χ4n) is 2.93. The lowest BCUT2D eigenvalue weighted by Gasteiger charge is -2.14. The minimum atomic E-state index is -0.591. The highest BCUT2D eigenvalue weighted by Gasteiger charge is 2.15. The van der Waals surface area contributed by atoms with Crippen molar-refractivity contribution >= 4 is 33.6 Å². The molecule has 164 valence electrons. The predicted octanol–water partition coefficient (Wildman–Crippen LogP) is 5.16. The summed E-state index contributed by atoms with van der Waals surface area (Å²) in [6.45, 7) is 0.159. The van der Waals surface area contributed by atoms with E-state index >= 15 is 0 Å². The van der Waals surface area contributed by atoms with E-state index in [1.165, 1.54) is 37.5 Å². The van der Waals surface area contributed by atoms with Gasteiger partial charge in [-0.15, -0.1) is 0 Å². The molecule has 7 nitrogen and oxygen atoms in total. The van der Waals surface area contributed by atoms with Gasteiger partial charge in [-0.3, -0.25) is 4.79 Å². The molecule has 0 heterocycles. The SMILES string of the molecule is COc1cc(/C=C(\C#N)C(=O)Nc2ccc(O)cc2)cc(Br)c1OCc1ccccc1C#N. The smallest absolute Gasteiger partial charge is 0.266 e. The molecular weight excluding hydrogens is 486 g/mol. The molecule has 0 bridgehead atoms. The molecule has 3 aromatic carbocycles. The summed E-state index contributed by atoms with van der Waals surface area (Å²) in [4.78, 5) is 12.5. The Hall–Kier alpha value is -4.27. The average Bonchev–Trinajstić information content (AvgIpc) is 2.83. The topological polar surface area (TPSA) is 115 Å². The van der Waals surface area contributed by atoms with Gasteiger partial charge >= 0.3 is 0 Å². The first-order valence-electron chi connectivity index (χ1n) is 9.65. The number of methoxy groups -OCH3 is 1. The average molecular weight is 504 g/mol. The van der Waals surface area contributed by atoms with Crippen LogP contribution in [0.4, 0.5) is 5.69 Å². The van der Waals surface area contributed by atoms with Crippen LogP contribution in [0.5, 0.6) is 17.2 Å². The van der Waals surface area contributed by atoms with E-state index in [1.54, 1.807) is 24.3 Å². The molecule has 0 saturated heterocycles. The van der Waals surface area contributed by atoms with Crippen molar-refractivity contribution in [3.8, 4) is 29.4 Å². The fourth-order valence-corrected chi connectivity index (χ4v) is 3.50. The van der Waals surface area contributed by atoms with Gasteiger partial charge in [0.15, 0.2) is 11.5 Å². The van der Waals surface area contributed by atoms with Crippen LogP contribution in [-0.2, 0) is 11.4 Å². The number of hydrogen-bond acceptors (Lipinski definition) is 6. The van der Waals surface area contributed by atoms with Gasteiger partial charge in [0, 0.05) is 11.3 Å². The van der Waals surface area contributed by atoms with Crippen LogP contribution in [0.25, 0.3) is 6.08 Å². The number of phenols is 1. The van der Waals surface area contributed by atoms with E-state index in [4.69, 9.17) is 9.47 Å². The van der Waals surface area contributed by atoms with Crippen LogP contribution in [0.2, 0.25) is 0 Å². The van der Waals surface area contributed by atoms with Crippen LogP contribution in [0, 0.1) is 22.7 Å². The number of halogens is 1. The molecule has 0 fully saturated rings. The second-order valence-electron chi connectivity index (χ2n) is 6.76. The zero-order chi connectivity index (χ0) is 23.8. The third kappa shape index (κ3) is 5.91. The zero-order valence-electron chi connectivity index (χ0n) is 17.5. The Balaban J connectivity index is 1.83. The number of rotatable bonds is 7. The first kappa shape index (κ1) is 23.4. The van der Waals surface area contributed by atoms with Gasteiger partial charge in [-0.05, 0) is 70.0 Å². The van der Waals surface area contributed by atoms with E-state index in [-0.39, 0.29) is 17.9 Å². The number of carbonyl (C=O) groups is 1. The monoisotopic (exact) mass is 503 g/mol. The molecule has 0 spiro atoms. The zero-order valence-corrected chi connectivity index (χ0v) is 19.1. The van der Waals surface area contributed by atoms with Gasteiger partial charge < -0.3 is 19.9 Å². The second kappa shape index (κ2) is 10.9. The number of benzene rings is 3. The molecule has 0 aliphatic rings. The number of phenolic OH excluding ortho intramolecular Hbond substituents is 1. The molecule has 0 saturated carbocycles. The van der Waals surface area contributed by atoms with E-state index in [9.17, 15) is 20.4 Å². The van der Waals surface area contributed by atoms with Gasteiger partial charge in [-0.25, -0.2) is 0 Å². The van der Waals surface area contributed by atoms with Crippen LogP contribution in [-0.4, -0.2) is 18.1 Å². The van der Waals surface area contributed by atoms with Gasteiger partial charge in [-0.2, -0.15) is 10.5 Å². The Kier molecular flexibility index (Phi) is 7.69. The lowest BCUT2D eigenvalue weighted by Crippen LogP contribution is -2.13. The predicted molar refractivity (Wildman–Crippen MR) is 127 cm³/mol. The molecule has 33 heavy (non-hydrogen) atoms. The molecule has 0 radical (unpaired) electrons. The van der Waals surface area contributed by atoms with Crippen LogP contribution >= 0.6 is 15.9 Å². The summed E-state index contributed by atoms with van der Waals surface area (Å²) in [6, 6.07) is 20.4. The van der Waals surface area contributed by atoms with E-state index < -0.39 is 5.91 Å². The lowest BCUT2D eigenvalue weighted by atomic mass is 10.1. The number of nitrogens with zero attached hydrogens (tertiary/aromatic N) is 2. The first-order chi connectivity index (χ1) is 15.9. The van der Waals surface area contributed by atoms with Gasteiger partial charge in [0.25, 0.3) is 5.91 Å². The molecule has 2 N–H and O–H groups in total. The van der Waals surface area contributed by atoms with Crippen molar-refractivity contribution in [2.75, 3.05) is 12.4 Å². The van der Waals surface area contributed by atoms with Crippen molar-refractivity contribution in [2.45, 2.75) is 6.61 Å². The van der Waals surface area contributed by atoms with E-state index in [0.717, 1.165) is 5.56 Å². The summed E-state index contributed by atoms with van der Waals surface area (Å²) in [7, 11) is 1.48. The Labute approximate surface area is 199 Å². The third-order valence-corrected chi connectivity index (χ3v) is 5.15. The van der Waals surface area contributed by atoms with Crippen molar-refractivity contribution in [3.05, 3.63) is 87.4 Å². The molecule has 3 aromatic rings. The molecule has 8 heteroatoms. The summed E-state index contributed by atoms with van der Waals surface area (Å²) < 4.78 is 11.9. The van der Waals surface area contributed by atoms with Crippen molar-refractivity contribution < 1.29 is 19.4 Å². The summed E-state index contributed by atoms with van der Waals surface area (Å²) >= 11 is 3.45. The maximum absolute atomic E-state index is 12.5. The van der Waals surface area contributed by atoms with Crippen LogP contribution in [0.1, 0.15) is 16.7 Å². The van der Waals surface area contributed by atoms with Gasteiger partial charge in [-0.1, -0.05) is 18.2 Å². The highest BCUT2D eigenvalue weighted by Crippen LogP contribution is 2.38. The highest BCUT2D eigenvalue weighted by molar-refractivity contribution is 9.10. The minimum absolute atomic E-state index is 0.0689. The molecule has 1 amide bonds. The second-order valence-corrected chi connectivity index (χ2v) is 7.62. The number of anilines is 1. The Morgan fingerprint density at radius 1 is 1.15 bits per heavy atom. The number of carbonyl (C=O) groups excluding carboxylic acids is 1. The third-order valence-electron chi connectivity index (χ3n) is 4.56. The number of aromatic hydroxyl groups is 1. The van der Waals surface area contributed by atoms with E-state index in [2.05, 4.69) is 27.3 Å². The van der Waals surface area contributed by atoms with Crippen LogP contribution in [0.3, 0.4) is 0 Å². The maximum atomic E-state index is 12.5. The Bertz CT molecular complexity index is 1290. The minimum Gasteiger partial charge on any atom is -0.508 e. The molecular formula is C25H18BrN3O4. The van der Waals surface area contributed by atoms with Crippen molar-refractivity contribution in [3.63, 3.8) is 0 Å². The van der Waals surface area contributed by atoms with Crippen molar-refractivity contribution in [1.29, 1.82) is 10.5 Å². The molecule has 0 aliphatic carbocycles. The van der Waals surface area contributed by atoms with Gasteiger partial charge in [0.1, 0.15) is 24.0 Å². The maximum Gasteiger partial charge on any atom is 0.266 e. The quantitative estimate of drug-likeness (QED) is 0.261. The molecule has 0 atom stereocenters. The van der Waals surface area contributed by atoms with Gasteiger partial charge in [0.05, 0.1) is 23.2 Å². The number of nitriles is 2. The number of nitrogens with one attached hydrogen (secondary N) is 1. The lowest BCUT2D eigenvalue weighted by molar-refractivity contribution is -0.112. The van der Waals surface area contributed by atoms with Crippen LogP contribution < -0.4 is 14.8 Å². The number of hydrogen-bond donors (Lipinski definition) is 2. The summed E-state index contributed by atoms with van der Waals surface area (Å²) in [6.07, 6.45) is 1.43. The van der Waals surface area contributed by atoms with Crippen LogP contribution in [0.15, 0.2) is 70.7 Å². The number of amides is 1. The summed E-state index contributed by atoms with van der Waals surface area (Å²) in [5.74, 6) is 0.293. The normalized spacial score (nSPS) is 10.6. The Morgan fingerprint density at radius 2 is 1.88 bits per heavy atom. The molecule has 0 aromatic heterocycles.